The molecule has 1 saturated heterocycles. The Balaban J connectivity index is 0.00000992. The van der Waals surface area contributed by atoms with Crippen LogP contribution >= 0.6 is 11.6 Å². The van der Waals surface area contributed by atoms with Gasteiger partial charge in [-0.1, -0.05) is 35.9 Å². The average Bonchev–Trinajstić information content (AvgIpc) is 3.24. The minimum absolute atomic E-state index is 0. The van der Waals surface area contributed by atoms with Crippen LogP contribution in [0.3, 0.4) is 0 Å². The summed E-state index contributed by atoms with van der Waals surface area (Å²) in [5.74, 6) is -0.881. The van der Waals surface area contributed by atoms with Crippen LogP contribution in [0, 0.1) is 0 Å². The number of anilines is 2. The van der Waals surface area contributed by atoms with E-state index in [9.17, 15) is 14.4 Å². The van der Waals surface area contributed by atoms with E-state index < -0.39 is 5.91 Å². The molecule has 2 aromatic carbocycles. The molecule has 3 amide bonds. The number of nitrogen functional groups attached to an aromatic ring is 2. The highest BCUT2D eigenvalue weighted by Crippen LogP contribution is 2.24. The van der Waals surface area contributed by atoms with Crippen molar-refractivity contribution in [1.29, 1.82) is 0 Å². The first-order valence-electron chi connectivity index (χ1n) is 20.6. The molecule has 17 nitrogen and oxygen atoms in total. The number of aromatic nitrogens is 2. The molecule has 1 unspecified atom stereocenters. The predicted molar refractivity (Wildman–Crippen MR) is 228 cm³/mol. The average molecular weight is 894 g/mol. The molecule has 0 bridgehead atoms. The number of hydrogen-bond acceptors (Lipinski definition) is 13. The second-order valence-electron chi connectivity index (χ2n) is 14.7. The lowest BCUT2D eigenvalue weighted by molar-refractivity contribution is -0.933. The third-order valence-corrected chi connectivity index (χ3v) is 10.4. The van der Waals surface area contributed by atoms with Gasteiger partial charge in [-0.15, -0.1) is 0 Å². The van der Waals surface area contributed by atoms with Crippen molar-refractivity contribution >= 4 is 41.0 Å². The SMILES string of the molecule is Nc1nc(N)c(C(=O)NC2CCC[N+](CCCc3ccc(C(=O)NCCOCCOCCO)cc3)(CCCc3ccc(C(=O)NCCOCCOCCO)cc3)C2)nc1Cl.[Cl-]. The number of ether oxygens (including phenoxy) is 4. The number of rotatable bonds is 28. The first-order chi connectivity index (χ1) is 29.1. The number of aryl methyl sites for hydroxylation is 2. The zero-order valence-corrected chi connectivity index (χ0v) is 36.3. The van der Waals surface area contributed by atoms with Gasteiger partial charge in [0.1, 0.15) is 0 Å². The summed E-state index contributed by atoms with van der Waals surface area (Å²) in [7, 11) is 0. The Hall–Kier alpha value is -4.17. The van der Waals surface area contributed by atoms with Crippen LogP contribution in [0.4, 0.5) is 11.6 Å². The maximum absolute atomic E-state index is 13.3. The number of aliphatic hydroxyl groups is 2. The lowest BCUT2D eigenvalue weighted by Gasteiger charge is -2.45. The van der Waals surface area contributed by atoms with E-state index in [0.717, 1.165) is 80.3 Å². The van der Waals surface area contributed by atoms with Crippen LogP contribution in [0.25, 0.3) is 0 Å². The van der Waals surface area contributed by atoms with E-state index in [2.05, 4.69) is 25.9 Å². The molecule has 61 heavy (non-hydrogen) atoms. The van der Waals surface area contributed by atoms with Crippen LogP contribution in [0.5, 0.6) is 0 Å². The van der Waals surface area contributed by atoms with Crippen LogP contribution < -0.4 is 39.8 Å². The standard InChI is InChI=1S/C42H61ClN8O9.ClH/c43-37-39(45)50-38(44)36(49-37)42(56)48-35-6-3-19-51(30-35,17-1-4-31-7-11-33(12-8-31)40(54)46-15-22-57-26-28-59-24-20-52)18-2-5-32-9-13-34(14-10-32)41(55)47-16-23-58-27-29-60-25-21-53;/h7-14,35,52-53H,1-6,15-30H2,(H6-,44,45,46,47,48,50,54,55,56);1H. The van der Waals surface area contributed by atoms with E-state index in [0.29, 0.717) is 63.9 Å². The van der Waals surface area contributed by atoms with Gasteiger partial charge in [-0.05, 0) is 61.1 Å². The van der Waals surface area contributed by atoms with Gasteiger partial charge in [-0.25, -0.2) is 9.97 Å². The highest BCUT2D eigenvalue weighted by molar-refractivity contribution is 6.31. The van der Waals surface area contributed by atoms with Gasteiger partial charge in [0.25, 0.3) is 17.7 Å². The Bertz CT molecular complexity index is 1680. The van der Waals surface area contributed by atoms with Gasteiger partial charge in [0.05, 0.1) is 98.3 Å². The molecule has 338 valence electrons. The van der Waals surface area contributed by atoms with E-state index in [1.54, 1.807) is 0 Å². The van der Waals surface area contributed by atoms with Crippen LogP contribution in [-0.4, -0.2) is 154 Å². The largest absolute Gasteiger partial charge is 1.00 e. The summed E-state index contributed by atoms with van der Waals surface area (Å²) in [5, 5.41) is 26.3. The summed E-state index contributed by atoms with van der Waals surface area (Å²) in [5.41, 5.74) is 15.1. The number of piperidine rings is 1. The number of nitrogens with two attached hydrogens (primary N) is 2. The van der Waals surface area contributed by atoms with Crippen molar-refractivity contribution in [2.24, 2.45) is 0 Å². The van der Waals surface area contributed by atoms with Gasteiger partial charge in [0, 0.05) is 37.1 Å². The summed E-state index contributed by atoms with van der Waals surface area (Å²) < 4.78 is 22.0. The zero-order valence-electron chi connectivity index (χ0n) is 34.8. The van der Waals surface area contributed by atoms with Gasteiger partial charge in [0.2, 0.25) is 0 Å². The summed E-state index contributed by atoms with van der Waals surface area (Å²) >= 11 is 6.07. The molecule has 1 aliphatic heterocycles. The van der Waals surface area contributed by atoms with E-state index in [1.165, 1.54) is 0 Å². The van der Waals surface area contributed by atoms with E-state index in [-0.39, 0.29) is 79.2 Å². The molecule has 1 fully saturated rings. The Morgan fingerprint density at radius 2 is 1.16 bits per heavy atom. The number of quaternary nitrogens is 1. The third kappa shape index (κ3) is 18.4. The molecule has 4 rings (SSSR count). The summed E-state index contributed by atoms with van der Waals surface area (Å²) in [6.45, 7) is 7.03. The molecule has 3 aromatic rings. The van der Waals surface area contributed by atoms with E-state index >= 15 is 0 Å². The van der Waals surface area contributed by atoms with Crippen molar-refractivity contribution in [3.63, 3.8) is 0 Å². The van der Waals surface area contributed by atoms with Gasteiger partial charge in [-0.2, -0.15) is 0 Å². The second-order valence-corrected chi connectivity index (χ2v) is 15.0. The lowest BCUT2D eigenvalue weighted by Crippen LogP contribution is -3.00. The summed E-state index contributed by atoms with van der Waals surface area (Å²) in [4.78, 5) is 46.7. The number of carbonyl (C=O) groups excluding carboxylic acids is 3. The quantitative estimate of drug-likeness (QED) is 0.0335. The van der Waals surface area contributed by atoms with Gasteiger partial charge in [0.15, 0.2) is 22.5 Å². The molecule has 1 aromatic heterocycles. The highest BCUT2D eigenvalue weighted by Gasteiger charge is 2.35. The van der Waals surface area contributed by atoms with Gasteiger partial charge >= 0.3 is 0 Å². The third-order valence-electron chi connectivity index (χ3n) is 10.2. The second kappa shape index (κ2) is 28.4. The van der Waals surface area contributed by atoms with Crippen LogP contribution in [0.1, 0.15) is 68.0 Å². The zero-order chi connectivity index (χ0) is 43.0. The Labute approximate surface area is 369 Å². The molecule has 1 atom stereocenters. The molecular formula is C42H62Cl2N8O9. The smallest absolute Gasteiger partial charge is 0.274 e. The van der Waals surface area contributed by atoms with Crippen molar-refractivity contribution in [3.05, 3.63) is 81.6 Å². The fourth-order valence-electron chi connectivity index (χ4n) is 7.15. The first-order valence-corrected chi connectivity index (χ1v) is 21.0. The molecule has 0 radical (unpaired) electrons. The molecule has 0 aliphatic carbocycles. The summed E-state index contributed by atoms with van der Waals surface area (Å²) in [6, 6.07) is 15.2. The first kappa shape index (κ1) is 51.2. The topological polar surface area (TPSA) is 242 Å². The van der Waals surface area contributed by atoms with Gasteiger partial charge in [-0.3, -0.25) is 14.4 Å². The number of nitrogens with one attached hydrogen (secondary N) is 3. The lowest BCUT2D eigenvalue weighted by atomic mass is 9.98. The van der Waals surface area contributed by atoms with Crippen LogP contribution in [0.2, 0.25) is 5.15 Å². The Morgan fingerprint density at radius 3 is 1.64 bits per heavy atom. The number of likely N-dealkylation sites (tertiary alicyclic amines) is 1. The van der Waals surface area contributed by atoms with Crippen molar-refractivity contribution in [2.75, 3.05) is 117 Å². The minimum Gasteiger partial charge on any atom is -1.00 e. The van der Waals surface area contributed by atoms with Crippen LogP contribution in [-0.2, 0) is 31.8 Å². The van der Waals surface area contributed by atoms with Crippen molar-refractivity contribution in [1.82, 2.24) is 25.9 Å². The maximum Gasteiger partial charge on any atom is 0.274 e. The summed E-state index contributed by atoms with van der Waals surface area (Å²) in [6.07, 6.45) is 5.21. The number of benzene rings is 2. The maximum atomic E-state index is 13.3. The molecule has 0 spiro atoms. The number of hydrogen-bond donors (Lipinski definition) is 7. The van der Waals surface area contributed by atoms with Crippen molar-refractivity contribution in [2.45, 2.75) is 44.6 Å². The normalized spacial score (nSPS) is 14.5. The molecule has 1 aliphatic rings. The number of aliphatic hydroxyl groups excluding tert-OH is 2. The predicted octanol–water partition coefficient (Wildman–Crippen LogP) is -1.22. The molecular weight excluding hydrogens is 831 g/mol. The van der Waals surface area contributed by atoms with E-state index in [4.69, 9.17) is 52.2 Å². The van der Waals surface area contributed by atoms with Crippen molar-refractivity contribution < 1.29 is 60.4 Å². The molecule has 0 saturated carbocycles. The van der Waals surface area contributed by atoms with E-state index in [1.807, 2.05) is 48.5 Å². The minimum atomic E-state index is -0.437. The Kier molecular flexibility index (Phi) is 23.9. The number of amides is 3. The van der Waals surface area contributed by atoms with Crippen molar-refractivity contribution in [3.8, 4) is 0 Å². The molecule has 9 N–H and O–H groups in total. The fraction of sp³-hybridized carbons (Fsp3) is 0.548. The molecule has 2 heterocycles. The fourth-order valence-corrected chi connectivity index (χ4v) is 7.28. The monoisotopic (exact) mass is 892 g/mol. The number of halogens is 2. The highest BCUT2D eigenvalue weighted by atomic mass is 35.5. The molecule has 19 heteroatoms. The Morgan fingerprint density at radius 1 is 0.689 bits per heavy atom. The number of nitrogens with zero attached hydrogens (tertiary/aromatic N) is 3. The number of carbonyl (C=O) groups is 3. The van der Waals surface area contributed by atoms with Crippen LogP contribution in [0.15, 0.2) is 48.5 Å². The van der Waals surface area contributed by atoms with Gasteiger partial charge < -0.3 is 73.5 Å².